The Hall–Kier alpha value is -1.67. The summed E-state index contributed by atoms with van der Waals surface area (Å²) in [6.45, 7) is 0. The SMILES string of the molecule is COc1ccc(Nc2ccccc2Cl)cc1. The minimum absolute atomic E-state index is 0.707. The summed E-state index contributed by atoms with van der Waals surface area (Å²) < 4.78 is 5.09. The van der Waals surface area contributed by atoms with Gasteiger partial charge in [0.05, 0.1) is 17.8 Å². The maximum atomic E-state index is 6.05. The van der Waals surface area contributed by atoms with Crippen LogP contribution in [0.4, 0.5) is 11.4 Å². The lowest BCUT2D eigenvalue weighted by Gasteiger charge is -2.08. The fourth-order valence-corrected chi connectivity index (χ4v) is 1.58. The van der Waals surface area contributed by atoms with Crippen LogP contribution in [0.2, 0.25) is 5.02 Å². The normalized spacial score (nSPS) is 9.88. The summed E-state index contributed by atoms with van der Waals surface area (Å²) >= 11 is 6.05. The maximum absolute atomic E-state index is 6.05. The Balaban J connectivity index is 2.18. The molecular weight excluding hydrogens is 222 g/mol. The molecule has 0 unspecified atom stereocenters. The molecule has 82 valence electrons. The van der Waals surface area contributed by atoms with Gasteiger partial charge in [-0.1, -0.05) is 23.7 Å². The van der Waals surface area contributed by atoms with Crippen LogP contribution in [-0.4, -0.2) is 7.11 Å². The first-order chi connectivity index (χ1) is 7.79. The van der Waals surface area contributed by atoms with Gasteiger partial charge in [-0.15, -0.1) is 0 Å². The van der Waals surface area contributed by atoms with Crippen LogP contribution in [0.1, 0.15) is 0 Å². The van der Waals surface area contributed by atoms with E-state index in [0.717, 1.165) is 17.1 Å². The Bertz CT molecular complexity index is 468. The lowest BCUT2D eigenvalue weighted by Crippen LogP contribution is -1.91. The van der Waals surface area contributed by atoms with Crippen LogP contribution in [-0.2, 0) is 0 Å². The van der Waals surface area contributed by atoms with Crippen LogP contribution in [0.25, 0.3) is 0 Å². The van der Waals surface area contributed by atoms with Crippen molar-refractivity contribution in [3.8, 4) is 5.75 Å². The number of ether oxygens (including phenoxy) is 1. The smallest absolute Gasteiger partial charge is 0.119 e. The van der Waals surface area contributed by atoms with E-state index < -0.39 is 0 Å². The lowest BCUT2D eigenvalue weighted by atomic mass is 10.2. The molecule has 16 heavy (non-hydrogen) atoms. The highest BCUT2D eigenvalue weighted by Crippen LogP contribution is 2.25. The highest BCUT2D eigenvalue weighted by molar-refractivity contribution is 6.33. The number of rotatable bonds is 3. The van der Waals surface area contributed by atoms with Gasteiger partial charge in [-0.3, -0.25) is 0 Å². The summed E-state index contributed by atoms with van der Waals surface area (Å²) in [6, 6.07) is 15.3. The summed E-state index contributed by atoms with van der Waals surface area (Å²) in [5, 5.41) is 3.94. The molecule has 1 N–H and O–H groups in total. The molecule has 0 spiro atoms. The Morgan fingerprint density at radius 3 is 2.31 bits per heavy atom. The molecule has 0 aliphatic heterocycles. The van der Waals surface area contributed by atoms with E-state index in [-0.39, 0.29) is 0 Å². The van der Waals surface area contributed by atoms with E-state index >= 15 is 0 Å². The van der Waals surface area contributed by atoms with Crippen molar-refractivity contribution in [1.82, 2.24) is 0 Å². The summed E-state index contributed by atoms with van der Waals surface area (Å²) in [7, 11) is 1.65. The minimum atomic E-state index is 0.707. The van der Waals surface area contributed by atoms with Gasteiger partial charge in [0.15, 0.2) is 0 Å². The molecule has 0 aliphatic rings. The molecule has 3 heteroatoms. The Kier molecular flexibility index (Phi) is 3.32. The molecule has 0 saturated carbocycles. The number of halogens is 1. The second-order valence-electron chi connectivity index (χ2n) is 3.33. The summed E-state index contributed by atoms with van der Waals surface area (Å²) in [4.78, 5) is 0. The van der Waals surface area contributed by atoms with Gasteiger partial charge in [0.2, 0.25) is 0 Å². The van der Waals surface area contributed by atoms with Crippen molar-refractivity contribution in [3.05, 3.63) is 53.6 Å². The van der Waals surface area contributed by atoms with Crippen LogP contribution >= 0.6 is 11.6 Å². The van der Waals surface area contributed by atoms with Crippen molar-refractivity contribution in [2.75, 3.05) is 12.4 Å². The number of anilines is 2. The van der Waals surface area contributed by atoms with Gasteiger partial charge >= 0.3 is 0 Å². The molecule has 0 fully saturated rings. The van der Waals surface area contributed by atoms with Gasteiger partial charge in [0.25, 0.3) is 0 Å². The van der Waals surface area contributed by atoms with E-state index in [1.807, 2.05) is 48.5 Å². The average molecular weight is 234 g/mol. The first-order valence-electron chi connectivity index (χ1n) is 4.95. The second kappa shape index (κ2) is 4.90. The summed E-state index contributed by atoms with van der Waals surface area (Å²) in [5.74, 6) is 0.838. The van der Waals surface area contributed by atoms with E-state index in [0.29, 0.717) is 5.02 Å². The fraction of sp³-hybridized carbons (Fsp3) is 0.0769. The van der Waals surface area contributed by atoms with Gasteiger partial charge in [0.1, 0.15) is 5.75 Å². The highest BCUT2D eigenvalue weighted by Gasteiger charge is 1.99. The monoisotopic (exact) mass is 233 g/mol. The van der Waals surface area contributed by atoms with E-state index in [9.17, 15) is 0 Å². The first-order valence-corrected chi connectivity index (χ1v) is 5.33. The van der Waals surface area contributed by atoms with Gasteiger partial charge in [0, 0.05) is 5.69 Å². The zero-order chi connectivity index (χ0) is 11.4. The maximum Gasteiger partial charge on any atom is 0.119 e. The quantitative estimate of drug-likeness (QED) is 0.862. The zero-order valence-electron chi connectivity index (χ0n) is 8.91. The molecular formula is C13H12ClNO. The third-order valence-electron chi connectivity index (χ3n) is 2.24. The van der Waals surface area contributed by atoms with Crippen molar-refractivity contribution in [2.24, 2.45) is 0 Å². The van der Waals surface area contributed by atoms with Crippen molar-refractivity contribution < 1.29 is 4.74 Å². The zero-order valence-corrected chi connectivity index (χ0v) is 9.66. The van der Waals surface area contributed by atoms with E-state index in [1.165, 1.54) is 0 Å². The fourth-order valence-electron chi connectivity index (χ4n) is 1.39. The Morgan fingerprint density at radius 2 is 1.69 bits per heavy atom. The molecule has 0 bridgehead atoms. The van der Waals surface area contributed by atoms with Crippen molar-refractivity contribution >= 4 is 23.0 Å². The molecule has 2 rings (SSSR count). The molecule has 0 aliphatic carbocycles. The van der Waals surface area contributed by atoms with Crippen molar-refractivity contribution in [1.29, 1.82) is 0 Å². The standard InChI is InChI=1S/C13H12ClNO/c1-16-11-8-6-10(7-9-11)15-13-5-3-2-4-12(13)14/h2-9,15H,1H3. The third kappa shape index (κ3) is 2.47. The van der Waals surface area contributed by atoms with Gasteiger partial charge in [-0.2, -0.15) is 0 Å². The van der Waals surface area contributed by atoms with Crippen molar-refractivity contribution in [3.63, 3.8) is 0 Å². The van der Waals surface area contributed by atoms with Gasteiger partial charge in [-0.25, -0.2) is 0 Å². The molecule has 0 saturated heterocycles. The number of nitrogens with one attached hydrogen (secondary N) is 1. The molecule has 0 amide bonds. The van der Waals surface area contributed by atoms with Crippen LogP contribution in [0.15, 0.2) is 48.5 Å². The third-order valence-corrected chi connectivity index (χ3v) is 2.57. The Labute approximate surface area is 99.8 Å². The van der Waals surface area contributed by atoms with Crippen LogP contribution in [0.5, 0.6) is 5.75 Å². The molecule has 0 atom stereocenters. The van der Waals surface area contributed by atoms with Crippen molar-refractivity contribution in [2.45, 2.75) is 0 Å². The number of methoxy groups -OCH3 is 1. The molecule has 2 aromatic carbocycles. The lowest BCUT2D eigenvalue weighted by molar-refractivity contribution is 0.415. The minimum Gasteiger partial charge on any atom is -0.497 e. The van der Waals surface area contributed by atoms with E-state index in [1.54, 1.807) is 7.11 Å². The highest BCUT2D eigenvalue weighted by atomic mass is 35.5. The average Bonchev–Trinajstić information content (AvgIpc) is 2.33. The van der Waals surface area contributed by atoms with Crippen LogP contribution in [0, 0.1) is 0 Å². The number of hydrogen-bond donors (Lipinski definition) is 1. The van der Waals surface area contributed by atoms with Crippen LogP contribution < -0.4 is 10.1 Å². The second-order valence-corrected chi connectivity index (χ2v) is 3.74. The van der Waals surface area contributed by atoms with E-state index in [4.69, 9.17) is 16.3 Å². The molecule has 2 nitrogen and oxygen atoms in total. The van der Waals surface area contributed by atoms with E-state index in [2.05, 4.69) is 5.32 Å². The number of benzene rings is 2. The number of hydrogen-bond acceptors (Lipinski definition) is 2. The van der Waals surface area contributed by atoms with Gasteiger partial charge < -0.3 is 10.1 Å². The molecule has 0 heterocycles. The van der Waals surface area contributed by atoms with Gasteiger partial charge in [-0.05, 0) is 36.4 Å². The first kappa shape index (κ1) is 10.8. The predicted molar refractivity (Wildman–Crippen MR) is 67.7 cm³/mol. The summed E-state index contributed by atoms with van der Waals surface area (Å²) in [5.41, 5.74) is 1.88. The van der Waals surface area contributed by atoms with Crippen LogP contribution in [0.3, 0.4) is 0 Å². The summed E-state index contributed by atoms with van der Waals surface area (Å²) in [6.07, 6.45) is 0. The molecule has 0 radical (unpaired) electrons. The topological polar surface area (TPSA) is 21.3 Å². The number of para-hydroxylation sites is 1. The largest absolute Gasteiger partial charge is 0.497 e. The Morgan fingerprint density at radius 1 is 1.00 bits per heavy atom. The predicted octanol–water partition coefficient (Wildman–Crippen LogP) is 4.09. The molecule has 0 aromatic heterocycles. The molecule has 2 aromatic rings.